The first-order chi connectivity index (χ1) is 18.6. The third-order valence-corrected chi connectivity index (χ3v) is 6.54. The molecule has 5 rings (SSSR count). The van der Waals surface area contributed by atoms with Gasteiger partial charge in [-0.15, -0.1) is 0 Å². The normalized spacial score (nSPS) is 14.1. The zero-order valence-electron chi connectivity index (χ0n) is 21.6. The molecule has 4 aromatic rings. The molecule has 9 heteroatoms. The van der Waals surface area contributed by atoms with Crippen LogP contribution in [0.4, 0.5) is 11.5 Å². The fourth-order valence-electron chi connectivity index (χ4n) is 4.57. The number of carbonyl (C=O) groups excluding carboxylic acids is 1. The summed E-state index contributed by atoms with van der Waals surface area (Å²) in [6.45, 7) is 3.13. The zero-order valence-corrected chi connectivity index (χ0v) is 21.6. The maximum absolute atomic E-state index is 12.2. The number of likely N-dealkylation sites (tertiary alicyclic amines) is 1. The highest BCUT2D eigenvalue weighted by Crippen LogP contribution is 2.38. The van der Waals surface area contributed by atoms with E-state index in [1.54, 1.807) is 32.6 Å². The number of nitrogens with zero attached hydrogens (tertiary/aromatic N) is 3. The summed E-state index contributed by atoms with van der Waals surface area (Å²) in [7, 11) is 3.23. The van der Waals surface area contributed by atoms with E-state index >= 15 is 0 Å². The van der Waals surface area contributed by atoms with Gasteiger partial charge >= 0.3 is 0 Å². The Bertz CT molecular complexity index is 1440. The predicted molar refractivity (Wildman–Crippen MR) is 145 cm³/mol. The highest BCUT2D eigenvalue weighted by Gasteiger charge is 2.24. The van der Waals surface area contributed by atoms with Crippen molar-refractivity contribution >= 4 is 28.3 Å². The molecule has 1 amide bonds. The minimum Gasteiger partial charge on any atom is -0.495 e. The Kier molecular flexibility index (Phi) is 7.44. The van der Waals surface area contributed by atoms with E-state index in [-0.39, 0.29) is 12.0 Å². The van der Waals surface area contributed by atoms with Crippen molar-refractivity contribution in [1.29, 1.82) is 0 Å². The summed E-state index contributed by atoms with van der Waals surface area (Å²) in [4.78, 5) is 23.0. The van der Waals surface area contributed by atoms with Crippen molar-refractivity contribution in [3.8, 4) is 28.6 Å². The standard InChI is InChI=1S/C29H30N4O5/c1-4-6-28(34)33-12-10-20(11-13-33)38-27-16-21-22(17-26(27)36-3)30-18-31-29(21)32-23-15-19(8-9-25(23)35-2)24-7-5-14-37-24/h4-9,14-18,20H,10-13H2,1-3H3,(H,30,31,32). The molecule has 1 aliphatic rings. The lowest BCUT2D eigenvalue weighted by Gasteiger charge is -2.32. The summed E-state index contributed by atoms with van der Waals surface area (Å²) in [5, 5.41) is 4.18. The topological polar surface area (TPSA) is 99.0 Å². The minimum absolute atomic E-state index is 0.0358. The molecular weight excluding hydrogens is 484 g/mol. The van der Waals surface area contributed by atoms with Crippen molar-refractivity contribution in [2.24, 2.45) is 0 Å². The highest BCUT2D eigenvalue weighted by atomic mass is 16.5. The van der Waals surface area contributed by atoms with Crippen LogP contribution >= 0.6 is 0 Å². The van der Waals surface area contributed by atoms with Gasteiger partial charge in [-0.1, -0.05) is 6.08 Å². The van der Waals surface area contributed by atoms with Crippen LogP contribution < -0.4 is 19.5 Å². The van der Waals surface area contributed by atoms with Gasteiger partial charge in [-0.05, 0) is 49.4 Å². The van der Waals surface area contributed by atoms with Crippen LogP contribution in [0.1, 0.15) is 19.8 Å². The van der Waals surface area contributed by atoms with Crippen molar-refractivity contribution in [3.05, 3.63) is 67.2 Å². The molecule has 196 valence electrons. The minimum atomic E-state index is -0.0397. The molecule has 1 N–H and O–H groups in total. The largest absolute Gasteiger partial charge is 0.495 e. The molecule has 1 fully saturated rings. The summed E-state index contributed by atoms with van der Waals surface area (Å²) < 4.78 is 23.2. The molecule has 0 atom stereocenters. The van der Waals surface area contributed by atoms with Crippen LogP contribution in [0.15, 0.2) is 71.6 Å². The van der Waals surface area contributed by atoms with E-state index in [9.17, 15) is 4.79 Å². The smallest absolute Gasteiger partial charge is 0.246 e. The molecule has 0 radical (unpaired) electrons. The van der Waals surface area contributed by atoms with E-state index < -0.39 is 0 Å². The van der Waals surface area contributed by atoms with E-state index in [2.05, 4.69) is 15.3 Å². The second-order valence-corrected chi connectivity index (χ2v) is 8.90. The van der Waals surface area contributed by atoms with E-state index in [1.165, 1.54) is 6.33 Å². The average molecular weight is 515 g/mol. The van der Waals surface area contributed by atoms with E-state index in [0.29, 0.717) is 41.7 Å². The molecule has 38 heavy (non-hydrogen) atoms. The lowest BCUT2D eigenvalue weighted by molar-refractivity contribution is -0.127. The molecule has 0 spiro atoms. The van der Waals surface area contributed by atoms with Crippen LogP contribution in [0.3, 0.4) is 0 Å². The summed E-state index contributed by atoms with van der Waals surface area (Å²) in [6.07, 6.45) is 7.94. The van der Waals surface area contributed by atoms with E-state index in [0.717, 1.165) is 35.2 Å². The van der Waals surface area contributed by atoms with Gasteiger partial charge in [0.25, 0.3) is 0 Å². The number of benzene rings is 2. The Labute approximate surface area is 221 Å². The Morgan fingerprint density at radius 2 is 1.87 bits per heavy atom. The number of methoxy groups -OCH3 is 2. The molecule has 0 saturated carbocycles. The predicted octanol–water partition coefficient (Wildman–Crippen LogP) is 5.60. The molecule has 2 aromatic carbocycles. The second kappa shape index (κ2) is 11.2. The molecule has 3 heterocycles. The SMILES string of the molecule is CC=CC(=O)N1CCC(Oc2cc3c(Nc4cc(-c5ccco5)ccc4OC)ncnc3cc2OC)CC1. The van der Waals surface area contributed by atoms with Crippen LogP contribution in [-0.2, 0) is 4.79 Å². The van der Waals surface area contributed by atoms with Crippen molar-refractivity contribution in [2.45, 2.75) is 25.9 Å². The van der Waals surface area contributed by atoms with Crippen LogP contribution in [0.5, 0.6) is 17.2 Å². The van der Waals surface area contributed by atoms with Crippen LogP contribution in [0.2, 0.25) is 0 Å². The molecule has 2 aromatic heterocycles. The number of fused-ring (bicyclic) bond motifs is 1. The van der Waals surface area contributed by atoms with Gasteiger partial charge in [-0.2, -0.15) is 0 Å². The number of hydrogen-bond acceptors (Lipinski definition) is 8. The lowest BCUT2D eigenvalue weighted by Crippen LogP contribution is -2.41. The van der Waals surface area contributed by atoms with Gasteiger partial charge in [-0.3, -0.25) is 4.79 Å². The van der Waals surface area contributed by atoms with Gasteiger partial charge in [0.2, 0.25) is 5.91 Å². The number of nitrogens with one attached hydrogen (secondary N) is 1. The van der Waals surface area contributed by atoms with Gasteiger partial charge in [0.1, 0.15) is 29.8 Å². The zero-order chi connectivity index (χ0) is 26.5. The van der Waals surface area contributed by atoms with E-state index in [1.807, 2.05) is 54.3 Å². The highest BCUT2D eigenvalue weighted by molar-refractivity contribution is 5.93. The summed E-state index contributed by atoms with van der Waals surface area (Å²) in [6, 6.07) is 13.3. The Morgan fingerprint density at radius 3 is 2.58 bits per heavy atom. The Hall–Kier alpha value is -4.53. The van der Waals surface area contributed by atoms with Crippen molar-refractivity contribution in [2.75, 3.05) is 32.6 Å². The van der Waals surface area contributed by atoms with Crippen molar-refractivity contribution < 1.29 is 23.4 Å². The van der Waals surface area contributed by atoms with Gasteiger partial charge in [0, 0.05) is 42.9 Å². The molecule has 9 nitrogen and oxygen atoms in total. The number of ether oxygens (including phenoxy) is 3. The quantitative estimate of drug-likeness (QED) is 0.304. The Morgan fingerprint density at radius 1 is 1.05 bits per heavy atom. The number of anilines is 2. The monoisotopic (exact) mass is 514 g/mol. The number of carbonyl (C=O) groups is 1. The number of hydrogen-bond donors (Lipinski definition) is 1. The van der Waals surface area contributed by atoms with Crippen molar-refractivity contribution in [1.82, 2.24) is 14.9 Å². The third kappa shape index (κ3) is 5.27. The molecule has 1 saturated heterocycles. The van der Waals surface area contributed by atoms with Gasteiger partial charge in [0.05, 0.1) is 31.7 Å². The molecular formula is C29H30N4O5. The fourth-order valence-corrected chi connectivity index (χ4v) is 4.57. The Balaban J connectivity index is 1.43. The third-order valence-electron chi connectivity index (χ3n) is 6.54. The number of allylic oxidation sites excluding steroid dienone is 1. The van der Waals surface area contributed by atoms with Crippen LogP contribution in [0.25, 0.3) is 22.2 Å². The number of piperidine rings is 1. The van der Waals surface area contributed by atoms with Gasteiger partial charge < -0.3 is 28.8 Å². The van der Waals surface area contributed by atoms with Gasteiger partial charge in [0.15, 0.2) is 11.5 Å². The summed E-state index contributed by atoms with van der Waals surface area (Å²) in [5.41, 5.74) is 2.35. The van der Waals surface area contributed by atoms with E-state index in [4.69, 9.17) is 18.6 Å². The van der Waals surface area contributed by atoms with Gasteiger partial charge in [-0.25, -0.2) is 9.97 Å². The average Bonchev–Trinajstić information content (AvgIpc) is 3.49. The van der Waals surface area contributed by atoms with Crippen LogP contribution in [-0.4, -0.2) is 54.2 Å². The first kappa shape index (κ1) is 25.1. The first-order valence-electron chi connectivity index (χ1n) is 12.5. The molecule has 1 aliphatic heterocycles. The molecule has 0 unspecified atom stereocenters. The number of furan rings is 1. The summed E-state index contributed by atoms with van der Waals surface area (Å²) >= 11 is 0. The first-order valence-corrected chi connectivity index (χ1v) is 12.5. The lowest BCUT2D eigenvalue weighted by atomic mass is 10.1. The maximum Gasteiger partial charge on any atom is 0.246 e. The second-order valence-electron chi connectivity index (χ2n) is 8.90. The van der Waals surface area contributed by atoms with Crippen molar-refractivity contribution in [3.63, 3.8) is 0 Å². The maximum atomic E-state index is 12.2. The number of rotatable bonds is 8. The van der Waals surface area contributed by atoms with Crippen LogP contribution in [0, 0.1) is 0 Å². The fraction of sp³-hybridized carbons (Fsp3) is 0.276. The molecule has 0 aliphatic carbocycles. The number of aromatic nitrogens is 2. The molecule has 0 bridgehead atoms. The summed E-state index contributed by atoms with van der Waals surface area (Å²) in [5.74, 6) is 3.25. The number of amides is 1.